The van der Waals surface area contributed by atoms with Gasteiger partial charge in [0, 0.05) is 30.6 Å². The zero-order valence-electron chi connectivity index (χ0n) is 10.3. The molecule has 0 unspecified atom stereocenters. The summed E-state index contributed by atoms with van der Waals surface area (Å²) in [6.45, 7) is 0.252. The number of amides is 1. The Kier molecular flexibility index (Phi) is 4.54. The van der Waals surface area contributed by atoms with E-state index in [1.807, 2.05) is 0 Å². The van der Waals surface area contributed by atoms with Gasteiger partial charge in [-0.15, -0.1) is 0 Å². The molecule has 0 atom stereocenters. The summed E-state index contributed by atoms with van der Waals surface area (Å²) in [6.07, 6.45) is 4.19. The van der Waals surface area contributed by atoms with Crippen molar-refractivity contribution in [3.8, 4) is 5.75 Å². The molecule has 0 saturated heterocycles. The summed E-state index contributed by atoms with van der Waals surface area (Å²) < 4.78 is 30.9. The molecule has 1 N–H and O–H groups in total. The molecule has 5 nitrogen and oxygen atoms in total. The molecule has 0 aliphatic rings. The monoisotopic (exact) mass is 279 g/mol. The van der Waals surface area contributed by atoms with E-state index >= 15 is 0 Å². The van der Waals surface area contributed by atoms with Crippen LogP contribution >= 0.6 is 0 Å². The van der Waals surface area contributed by atoms with Crippen LogP contribution in [0.25, 0.3) is 0 Å². The maximum Gasteiger partial charge on any atom is 0.271 e. The topological polar surface area (TPSA) is 64.1 Å². The highest BCUT2D eigenvalue weighted by molar-refractivity contribution is 5.91. The van der Waals surface area contributed by atoms with Gasteiger partial charge in [0.1, 0.15) is 29.7 Å². The van der Waals surface area contributed by atoms with Crippen LogP contribution in [-0.2, 0) is 0 Å². The van der Waals surface area contributed by atoms with E-state index < -0.39 is 17.5 Å². The van der Waals surface area contributed by atoms with Crippen LogP contribution in [0.3, 0.4) is 0 Å². The molecule has 7 heteroatoms. The molecular formula is C13H11F2N3O2. The standard InChI is InChI=1S/C13H11F2N3O2/c14-9-5-10(15)7-11(6-9)20-4-3-18-13(19)12-8-16-1-2-17-12/h1-2,5-8H,3-4H2,(H,18,19). The van der Waals surface area contributed by atoms with Crippen LogP contribution in [0.1, 0.15) is 10.5 Å². The highest BCUT2D eigenvalue weighted by Crippen LogP contribution is 2.14. The molecule has 1 heterocycles. The Labute approximate surface area is 113 Å². The van der Waals surface area contributed by atoms with E-state index in [0.29, 0.717) is 0 Å². The number of carbonyl (C=O) groups excluding carboxylic acids is 1. The minimum atomic E-state index is -0.719. The number of nitrogens with zero attached hydrogens (tertiary/aromatic N) is 2. The molecule has 20 heavy (non-hydrogen) atoms. The van der Waals surface area contributed by atoms with Gasteiger partial charge in [-0.3, -0.25) is 9.78 Å². The van der Waals surface area contributed by atoms with Crippen molar-refractivity contribution in [2.45, 2.75) is 0 Å². The van der Waals surface area contributed by atoms with Gasteiger partial charge in [0.05, 0.1) is 12.7 Å². The zero-order chi connectivity index (χ0) is 14.4. The SMILES string of the molecule is O=C(NCCOc1cc(F)cc(F)c1)c1cnccn1. The highest BCUT2D eigenvalue weighted by Gasteiger charge is 2.06. The van der Waals surface area contributed by atoms with Crippen molar-refractivity contribution in [1.29, 1.82) is 0 Å². The largest absolute Gasteiger partial charge is 0.492 e. The van der Waals surface area contributed by atoms with Crippen molar-refractivity contribution in [3.63, 3.8) is 0 Å². The Hall–Kier alpha value is -2.57. The Morgan fingerprint density at radius 3 is 2.60 bits per heavy atom. The second-order valence-electron chi connectivity index (χ2n) is 3.80. The van der Waals surface area contributed by atoms with Crippen molar-refractivity contribution < 1.29 is 18.3 Å². The van der Waals surface area contributed by atoms with Crippen molar-refractivity contribution in [2.75, 3.05) is 13.2 Å². The number of aromatic nitrogens is 2. The fourth-order valence-electron chi connectivity index (χ4n) is 1.45. The maximum absolute atomic E-state index is 12.9. The lowest BCUT2D eigenvalue weighted by atomic mass is 10.3. The molecular weight excluding hydrogens is 268 g/mol. The summed E-state index contributed by atoms with van der Waals surface area (Å²) >= 11 is 0. The molecule has 0 spiro atoms. The maximum atomic E-state index is 12.9. The first-order chi connectivity index (χ1) is 9.65. The fraction of sp³-hybridized carbons (Fsp3) is 0.154. The van der Waals surface area contributed by atoms with Gasteiger partial charge < -0.3 is 10.1 Å². The summed E-state index contributed by atoms with van der Waals surface area (Å²) in [7, 11) is 0. The average molecular weight is 279 g/mol. The first kappa shape index (κ1) is 13.9. The van der Waals surface area contributed by atoms with Crippen LogP contribution in [0.2, 0.25) is 0 Å². The second kappa shape index (κ2) is 6.55. The molecule has 0 saturated carbocycles. The number of rotatable bonds is 5. The van der Waals surface area contributed by atoms with E-state index in [1.54, 1.807) is 0 Å². The van der Waals surface area contributed by atoms with Crippen molar-refractivity contribution in [3.05, 3.63) is 54.1 Å². The molecule has 1 aromatic carbocycles. The number of carbonyl (C=O) groups is 1. The van der Waals surface area contributed by atoms with E-state index in [0.717, 1.165) is 18.2 Å². The molecule has 0 bridgehead atoms. The smallest absolute Gasteiger partial charge is 0.271 e. The lowest BCUT2D eigenvalue weighted by Crippen LogP contribution is -2.28. The van der Waals surface area contributed by atoms with E-state index in [2.05, 4.69) is 15.3 Å². The number of halogens is 2. The predicted octanol–water partition coefficient (Wildman–Crippen LogP) is 1.56. The van der Waals surface area contributed by atoms with Crippen molar-refractivity contribution >= 4 is 5.91 Å². The van der Waals surface area contributed by atoms with Gasteiger partial charge in [-0.25, -0.2) is 13.8 Å². The summed E-state index contributed by atoms with van der Waals surface area (Å²) in [5.41, 5.74) is 0.185. The number of nitrogens with one attached hydrogen (secondary N) is 1. The van der Waals surface area contributed by atoms with Crippen LogP contribution in [0.5, 0.6) is 5.75 Å². The molecule has 0 radical (unpaired) electrons. The second-order valence-corrected chi connectivity index (χ2v) is 3.80. The van der Waals surface area contributed by atoms with E-state index in [1.165, 1.54) is 18.6 Å². The van der Waals surface area contributed by atoms with Crippen LogP contribution in [-0.4, -0.2) is 29.0 Å². The summed E-state index contributed by atoms with van der Waals surface area (Å²) in [5, 5.41) is 2.54. The van der Waals surface area contributed by atoms with Crippen LogP contribution < -0.4 is 10.1 Å². The zero-order valence-corrected chi connectivity index (χ0v) is 10.3. The van der Waals surface area contributed by atoms with Gasteiger partial charge in [-0.05, 0) is 0 Å². The molecule has 0 aliphatic heterocycles. The van der Waals surface area contributed by atoms with Crippen molar-refractivity contribution in [2.24, 2.45) is 0 Å². The fourth-order valence-corrected chi connectivity index (χ4v) is 1.45. The Balaban J connectivity index is 1.78. The van der Waals surface area contributed by atoms with Crippen LogP contribution in [0, 0.1) is 11.6 Å². The molecule has 2 aromatic rings. The lowest BCUT2D eigenvalue weighted by molar-refractivity contribution is 0.0941. The third-order valence-electron chi connectivity index (χ3n) is 2.29. The van der Waals surface area contributed by atoms with Crippen LogP contribution in [0.4, 0.5) is 8.78 Å². The highest BCUT2D eigenvalue weighted by atomic mass is 19.1. The third-order valence-corrected chi connectivity index (χ3v) is 2.29. The molecule has 2 rings (SSSR count). The van der Waals surface area contributed by atoms with Gasteiger partial charge >= 0.3 is 0 Å². The van der Waals surface area contributed by atoms with Crippen molar-refractivity contribution in [1.82, 2.24) is 15.3 Å². The normalized spacial score (nSPS) is 10.1. The molecule has 0 fully saturated rings. The Bertz CT molecular complexity index is 573. The Morgan fingerprint density at radius 2 is 1.95 bits per heavy atom. The van der Waals surface area contributed by atoms with Gasteiger partial charge in [-0.1, -0.05) is 0 Å². The van der Waals surface area contributed by atoms with Gasteiger partial charge in [-0.2, -0.15) is 0 Å². The average Bonchev–Trinajstić information content (AvgIpc) is 2.43. The predicted molar refractivity (Wildman–Crippen MR) is 66.2 cm³/mol. The molecule has 0 aliphatic carbocycles. The quantitative estimate of drug-likeness (QED) is 0.844. The molecule has 104 valence electrons. The van der Waals surface area contributed by atoms with Gasteiger partial charge in [0.15, 0.2) is 0 Å². The van der Waals surface area contributed by atoms with E-state index in [4.69, 9.17) is 4.74 Å². The Morgan fingerprint density at radius 1 is 1.20 bits per heavy atom. The number of benzene rings is 1. The lowest BCUT2D eigenvalue weighted by Gasteiger charge is -2.07. The summed E-state index contributed by atoms with van der Waals surface area (Å²) in [6, 6.07) is 2.88. The minimum Gasteiger partial charge on any atom is -0.492 e. The third kappa shape index (κ3) is 3.98. The summed E-state index contributed by atoms with van der Waals surface area (Å²) in [5.74, 6) is -1.77. The first-order valence-electron chi connectivity index (χ1n) is 5.78. The first-order valence-corrected chi connectivity index (χ1v) is 5.78. The molecule has 1 amide bonds. The van der Waals surface area contributed by atoms with Crippen LogP contribution in [0.15, 0.2) is 36.8 Å². The number of hydrogen-bond acceptors (Lipinski definition) is 4. The van der Waals surface area contributed by atoms with Gasteiger partial charge in [0.2, 0.25) is 0 Å². The molecule has 1 aromatic heterocycles. The summed E-state index contributed by atoms with van der Waals surface area (Å²) in [4.78, 5) is 19.2. The minimum absolute atomic E-state index is 0.0660. The van der Waals surface area contributed by atoms with Gasteiger partial charge in [0.25, 0.3) is 5.91 Å². The number of ether oxygens (including phenoxy) is 1. The van der Waals surface area contributed by atoms with E-state index in [-0.39, 0.29) is 24.6 Å². The van der Waals surface area contributed by atoms with E-state index in [9.17, 15) is 13.6 Å². The number of hydrogen-bond donors (Lipinski definition) is 1.